The van der Waals surface area contributed by atoms with Gasteiger partial charge in [-0.25, -0.2) is 4.79 Å². The Labute approximate surface area is 57.6 Å². The second kappa shape index (κ2) is 1.75. The van der Waals surface area contributed by atoms with E-state index in [0.717, 1.165) is 24.4 Å². The third-order valence-corrected chi connectivity index (χ3v) is 1.93. The lowest BCUT2D eigenvalue weighted by atomic mass is 10.1. The number of hydrogen-bond acceptors (Lipinski definition) is 3. The van der Waals surface area contributed by atoms with Gasteiger partial charge < -0.3 is 8.83 Å². The van der Waals surface area contributed by atoms with Crippen LogP contribution in [-0.4, -0.2) is 0 Å². The maximum absolute atomic E-state index is 10.5. The summed E-state index contributed by atoms with van der Waals surface area (Å²) in [5.41, 5.74) is 0. The van der Waals surface area contributed by atoms with Gasteiger partial charge in [-0.1, -0.05) is 6.92 Å². The smallest absolute Gasteiger partial charge is 0.396 e. The summed E-state index contributed by atoms with van der Waals surface area (Å²) in [5.74, 6) is 1.31. The van der Waals surface area contributed by atoms with Crippen LogP contribution >= 0.6 is 0 Å². The fourth-order valence-corrected chi connectivity index (χ4v) is 1.35. The second-order valence-electron chi connectivity index (χ2n) is 2.68. The van der Waals surface area contributed by atoms with Crippen molar-refractivity contribution in [2.75, 3.05) is 0 Å². The molecular weight excluding hydrogens is 132 g/mol. The van der Waals surface area contributed by atoms with Crippen molar-refractivity contribution in [1.29, 1.82) is 0 Å². The summed E-state index contributed by atoms with van der Waals surface area (Å²) >= 11 is 0. The highest BCUT2D eigenvalue weighted by Gasteiger charge is 2.25. The van der Waals surface area contributed by atoms with Crippen molar-refractivity contribution in [2.45, 2.75) is 25.7 Å². The first-order valence-electron chi connectivity index (χ1n) is 3.40. The Morgan fingerprint density at radius 2 is 2.30 bits per heavy atom. The summed E-state index contributed by atoms with van der Waals surface area (Å²) in [6.07, 6.45) is 1.89. The maximum atomic E-state index is 10.5. The predicted octanol–water partition coefficient (Wildman–Crippen LogP) is 1.28. The van der Waals surface area contributed by atoms with Crippen molar-refractivity contribution in [3.63, 3.8) is 0 Å². The highest BCUT2D eigenvalue weighted by molar-refractivity contribution is 5.14. The van der Waals surface area contributed by atoms with Crippen LogP contribution in [0.3, 0.4) is 0 Å². The average Bonchev–Trinajstić information content (AvgIpc) is 2.35. The SMILES string of the molecule is CC1CCc2oc(=O)oc21. The zero-order valence-corrected chi connectivity index (χ0v) is 5.72. The van der Waals surface area contributed by atoms with E-state index in [2.05, 4.69) is 0 Å². The van der Waals surface area contributed by atoms with Gasteiger partial charge in [0, 0.05) is 12.3 Å². The van der Waals surface area contributed by atoms with Gasteiger partial charge >= 0.3 is 5.82 Å². The molecule has 0 aromatic carbocycles. The lowest BCUT2D eigenvalue weighted by Crippen LogP contribution is -1.90. The summed E-state index contributed by atoms with van der Waals surface area (Å²) in [6, 6.07) is 0. The van der Waals surface area contributed by atoms with Gasteiger partial charge in [0.25, 0.3) is 0 Å². The first-order chi connectivity index (χ1) is 4.77. The highest BCUT2D eigenvalue weighted by Crippen LogP contribution is 2.31. The molecule has 1 aromatic heterocycles. The molecule has 0 N–H and O–H groups in total. The van der Waals surface area contributed by atoms with Crippen molar-refractivity contribution in [3.8, 4) is 0 Å². The molecule has 0 amide bonds. The van der Waals surface area contributed by atoms with Gasteiger partial charge in [-0.15, -0.1) is 0 Å². The predicted molar refractivity (Wildman–Crippen MR) is 34.0 cm³/mol. The molecule has 1 unspecified atom stereocenters. The van der Waals surface area contributed by atoms with Gasteiger partial charge in [0.05, 0.1) is 0 Å². The molecule has 0 saturated carbocycles. The topological polar surface area (TPSA) is 43.4 Å². The van der Waals surface area contributed by atoms with Crippen LogP contribution in [0.1, 0.15) is 30.8 Å². The quantitative estimate of drug-likeness (QED) is 0.545. The normalized spacial score (nSPS) is 23.1. The molecule has 1 aromatic rings. The molecule has 0 spiro atoms. The molecule has 1 heterocycles. The minimum absolute atomic E-state index is 0.362. The fraction of sp³-hybridized carbons (Fsp3) is 0.571. The van der Waals surface area contributed by atoms with Crippen molar-refractivity contribution >= 4 is 0 Å². The minimum atomic E-state index is -0.559. The molecule has 54 valence electrons. The van der Waals surface area contributed by atoms with Crippen LogP contribution < -0.4 is 5.82 Å². The molecule has 1 aliphatic rings. The molecule has 10 heavy (non-hydrogen) atoms. The van der Waals surface area contributed by atoms with Gasteiger partial charge in [0.2, 0.25) is 0 Å². The zero-order valence-electron chi connectivity index (χ0n) is 5.72. The van der Waals surface area contributed by atoms with Crippen LogP contribution in [0, 0.1) is 0 Å². The Balaban J connectivity index is 2.59. The van der Waals surface area contributed by atoms with Crippen molar-refractivity contribution in [2.24, 2.45) is 0 Å². The molecule has 3 heteroatoms. The monoisotopic (exact) mass is 140 g/mol. The highest BCUT2D eigenvalue weighted by atomic mass is 16.6. The van der Waals surface area contributed by atoms with E-state index in [-0.39, 0.29) is 0 Å². The van der Waals surface area contributed by atoms with Crippen LogP contribution in [-0.2, 0) is 6.42 Å². The summed E-state index contributed by atoms with van der Waals surface area (Å²) in [6.45, 7) is 2.03. The van der Waals surface area contributed by atoms with E-state index in [1.807, 2.05) is 6.92 Å². The summed E-state index contributed by atoms with van der Waals surface area (Å²) in [5, 5.41) is 0. The van der Waals surface area contributed by atoms with Crippen LogP contribution in [0.15, 0.2) is 13.6 Å². The van der Waals surface area contributed by atoms with Crippen molar-refractivity contribution in [1.82, 2.24) is 0 Å². The lowest BCUT2D eigenvalue weighted by molar-refractivity contribution is 0.347. The maximum Gasteiger partial charge on any atom is 0.519 e. The van der Waals surface area contributed by atoms with E-state index in [9.17, 15) is 4.79 Å². The third-order valence-electron chi connectivity index (χ3n) is 1.93. The van der Waals surface area contributed by atoms with E-state index in [1.54, 1.807) is 0 Å². The molecular formula is C7H8O3. The number of hydrogen-bond donors (Lipinski definition) is 0. The van der Waals surface area contributed by atoms with Crippen molar-refractivity contribution in [3.05, 3.63) is 22.1 Å². The molecule has 2 rings (SSSR count). The van der Waals surface area contributed by atoms with Gasteiger partial charge in [0.1, 0.15) is 5.76 Å². The Morgan fingerprint density at radius 3 is 3.00 bits per heavy atom. The molecule has 0 aliphatic heterocycles. The van der Waals surface area contributed by atoms with Gasteiger partial charge in [-0.2, -0.15) is 0 Å². The molecule has 1 atom stereocenters. The largest absolute Gasteiger partial charge is 0.519 e. The Bertz CT molecular complexity index is 294. The van der Waals surface area contributed by atoms with E-state index >= 15 is 0 Å². The number of aryl methyl sites for hydroxylation is 1. The Morgan fingerprint density at radius 1 is 1.50 bits per heavy atom. The average molecular weight is 140 g/mol. The zero-order chi connectivity index (χ0) is 7.14. The Kier molecular flexibility index (Phi) is 1.01. The molecule has 0 radical (unpaired) electrons. The molecule has 0 saturated heterocycles. The molecule has 1 aliphatic carbocycles. The standard InChI is InChI=1S/C7H8O3/c1-4-2-3-5-6(4)10-7(8)9-5/h4H,2-3H2,1H3. The van der Waals surface area contributed by atoms with E-state index in [1.165, 1.54) is 0 Å². The fourth-order valence-electron chi connectivity index (χ4n) is 1.35. The van der Waals surface area contributed by atoms with Crippen molar-refractivity contribution < 1.29 is 8.83 Å². The molecule has 3 nitrogen and oxygen atoms in total. The van der Waals surface area contributed by atoms with Crippen LogP contribution in [0.25, 0.3) is 0 Å². The van der Waals surface area contributed by atoms with Gasteiger partial charge in [-0.05, 0) is 6.42 Å². The van der Waals surface area contributed by atoms with E-state index < -0.39 is 5.82 Å². The lowest BCUT2D eigenvalue weighted by Gasteiger charge is -1.92. The summed E-state index contributed by atoms with van der Waals surface area (Å²) in [4.78, 5) is 10.5. The first-order valence-corrected chi connectivity index (χ1v) is 3.40. The molecule has 0 bridgehead atoms. The van der Waals surface area contributed by atoms with Crippen LogP contribution in [0.5, 0.6) is 0 Å². The minimum Gasteiger partial charge on any atom is -0.396 e. The molecule has 0 fully saturated rings. The van der Waals surface area contributed by atoms with Crippen LogP contribution in [0.2, 0.25) is 0 Å². The second-order valence-corrected chi connectivity index (χ2v) is 2.68. The first kappa shape index (κ1) is 5.77. The van der Waals surface area contributed by atoms with Crippen LogP contribution in [0.4, 0.5) is 0 Å². The summed E-state index contributed by atoms with van der Waals surface area (Å²) < 4.78 is 9.59. The van der Waals surface area contributed by atoms with Gasteiger partial charge in [-0.3, -0.25) is 0 Å². The third kappa shape index (κ3) is 0.632. The Hall–Kier alpha value is -0.990. The number of rotatable bonds is 0. The van der Waals surface area contributed by atoms with E-state index in [0.29, 0.717) is 5.92 Å². The summed E-state index contributed by atoms with van der Waals surface area (Å²) in [7, 11) is 0. The van der Waals surface area contributed by atoms with E-state index in [4.69, 9.17) is 8.83 Å². The van der Waals surface area contributed by atoms with Gasteiger partial charge in [0.15, 0.2) is 5.76 Å². The number of fused-ring (bicyclic) bond motifs is 1.